The molecule has 0 aliphatic heterocycles. The Kier molecular flexibility index (Phi) is 56.8. The van der Waals surface area contributed by atoms with Gasteiger partial charge in [-0.1, -0.05) is 287 Å². The lowest BCUT2D eigenvalue weighted by molar-refractivity contribution is -0.163. The Morgan fingerprint density at radius 1 is 0.338 bits per heavy atom. The second-order valence-corrected chi connectivity index (χ2v) is 19.9. The van der Waals surface area contributed by atoms with Crippen LogP contribution in [0.2, 0.25) is 0 Å². The summed E-state index contributed by atoms with van der Waals surface area (Å²) in [6.07, 6.45) is 75.3. The Bertz CT molecular complexity index is 1170. The van der Waals surface area contributed by atoms with Crippen LogP contribution >= 0.6 is 0 Å². The van der Waals surface area contributed by atoms with E-state index in [1.165, 1.54) is 193 Å². The number of carbonyl (C=O) groups is 2. The van der Waals surface area contributed by atoms with Gasteiger partial charge in [0.1, 0.15) is 6.61 Å². The summed E-state index contributed by atoms with van der Waals surface area (Å²) in [4.78, 5) is 25.5. The van der Waals surface area contributed by atoms with E-state index in [1.807, 2.05) is 0 Å². The maximum Gasteiger partial charge on any atom is 0.306 e. The van der Waals surface area contributed by atoms with E-state index in [1.54, 1.807) is 0 Å². The van der Waals surface area contributed by atoms with E-state index in [0.717, 1.165) is 77.0 Å². The van der Waals surface area contributed by atoms with Crippen molar-refractivity contribution in [1.82, 2.24) is 0 Å². The lowest BCUT2D eigenvalue weighted by Crippen LogP contribution is -2.30. The second kappa shape index (κ2) is 58.9. The van der Waals surface area contributed by atoms with Crippen LogP contribution in [0.5, 0.6) is 0 Å². The number of carbonyl (C=O) groups excluding carboxylic acids is 2. The van der Waals surface area contributed by atoms with Gasteiger partial charge in [-0.3, -0.25) is 9.59 Å². The lowest BCUT2D eigenvalue weighted by Gasteiger charge is -2.18. The van der Waals surface area contributed by atoms with Gasteiger partial charge >= 0.3 is 11.9 Å². The molecule has 0 spiro atoms. The molecule has 0 saturated heterocycles. The smallest absolute Gasteiger partial charge is 0.306 e. The molecule has 0 heterocycles. The maximum atomic E-state index is 12.9. The summed E-state index contributed by atoms with van der Waals surface area (Å²) < 4.78 is 17.5. The summed E-state index contributed by atoms with van der Waals surface area (Å²) in [7, 11) is 0. The van der Waals surface area contributed by atoms with E-state index in [2.05, 4.69) is 81.5 Å². The molecule has 1 atom stereocenters. The van der Waals surface area contributed by atoms with Crippen LogP contribution in [0.25, 0.3) is 0 Å². The number of rotatable bonds is 55. The minimum Gasteiger partial charge on any atom is -0.462 e. The van der Waals surface area contributed by atoms with Crippen LogP contribution in [0.1, 0.15) is 303 Å². The monoisotopic (exact) mass is 951 g/mol. The Balaban J connectivity index is 4.29. The molecule has 0 amide bonds. The zero-order valence-corrected chi connectivity index (χ0v) is 45.6. The molecular formula is C63H114O5. The van der Waals surface area contributed by atoms with Gasteiger partial charge < -0.3 is 14.2 Å². The van der Waals surface area contributed by atoms with E-state index in [-0.39, 0.29) is 25.2 Å². The minimum absolute atomic E-state index is 0.0790. The largest absolute Gasteiger partial charge is 0.462 e. The summed E-state index contributed by atoms with van der Waals surface area (Å²) in [6.45, 7) is 7.72. The van der Waals surface area contributed by atoms with Gasteiger partial charge in [0.05, 0.1) is 6.61 Å². The number of hydrogen-bond acceptors (Lipinski definition) is 5. The molecule has 0 aromatic heterocycles. The second-order valence-electron chi connectivity index (χ2n) is 19.9. The molecular weight excluding hydrogens is 837 g/mol. The van der Waals surface area contributed by atoms with E-state index < -0.39 is 6.10 Å². The van der Waals surface area contributed by atoms with Gasteiger partial charge in [0.15, 0.2) is 6.10 Å². The molecule has 0 saturated carbocycles. The molecule has 0 aromatic rings. The van der Waals surface area contributed by atoms with Crippen molar-refractivity contribution in [2.75, 3.05) is 19.8 Å². The average molecular weight is 952 g/mol. The van der Waals surface area contributed by atoms with Gasteiger partial charge in [0.2, 0.25) is 0 Å². The summed E-state index contributed by atoms with van der Waals surface area (Å²) >= 11 is 0. The van der Waals surface area contributed by atoms with Crippen LogP contribution in [-0.2, 0) is 23.8 Å². The zero-order valence-electron chi connectivity index (χ0n) is 45.6. The van der Waals surface area contributed by atoms with Gasteiger partial charge in [-0.25, -0.2) is 0 Å². The van der Waals surface area contributed by atoms with Crippen LogP contribution in [-0.4, -0.2) is 37.9 Å². The molecule has 0 N–H and O–H groups in total. The fraction of sp³-hybridized carbons (Fsp3) is 0.810. The average Bonchev–Trinajstić information content (AvgIpc) is 3.34. The van der Waals surface area contributed by atoms with Crippen LogP contribution in [0.15, 0.2) is 60.8 Å². The Hall–Kier alpha value is -2.40. The van der Waals surface area contributed by atoms with Crippen molar-refractivity contribution >= 4 is 11.9 Å². The van der Waals surface area contributed by atoms with Crippen molar-refractivity contribution in [3.63, 3.8) is 0 Å². The molecule has 0 aliphatic carbocycles. The molecule has 0 fully saturated rings. The summed E-state index contributed by atoms with van der Waals surface area (Å²) in [5.41, 5.74) is 0. The van der Waals surface area contributed by atoms with Crippen molar-refractivity contribution in [3.8, 4) is 0 Å². The van der Waals surface area contributed by atoms with E-state index >= 15 is 0 Å². The van der Waals surface area contributed by atoms with E-state index in [4.69, 9.17) is 14.2 Å². The number of allylic oxidation sites excluding steroid dienone is 10. The summed E-state index contributed by atoms with van der Waals surface area (Å²) in [6, 6.07) is 0. The van der Waals surface area contributed by atoms with E-state index in [9.17, 15) is 9.59 Å². The predicted molar refractivity (Wildman–Crippen MR) is 298 cm³/mol. The summed E-state index contributed by atoms with van der Waals surface area (Å²) in [5, 5.41) is 0. The first kappa shape index (κ1) is 65.6. The van der Waals surface area contributed by atoms with Gasteiger partial charge in [0.25, 0.3) is 0 Å². The maximum absolute atomic E-state index is 12.9. The summed E-state index contributed by atoms with van der Waals surface area (Å²) in [5.74, 6) is -0.394. The van der Waals surface area contributed by atoms with Crippen LogP contribution < -0.4 is 0 Å². The third kappa shape index (κ3) is 56.2. The zero-order chi connectivity index (χ0) is 49.2. The van der Waals surface area contributed by atoms with Gasteiger partial charge in [-0.05, 0) is 64.2 Å². The van der Waals surface area contributed by atoms with Crippen molar-refractivity contribution in [3.05, 3.63) is 60.8 Å². The fourth-order valence-corrected chi connectivity index (χ4v) is 8.66. The number of esters is 2. The molecule has 0 radical (unpaired) electrons. The first-order chi connectivity index (χ1) is 33.6. The van der Waals surface area contributed by atoms with Gasteiger partial charge in [0, 0.05) is 19.4 Å². The molecule has 0 bridgehead atoms. The molecule has 5 heteroatoms. The quantitative estimate of drug-likeness (QED) is 0.0345. The van der Waals surface area contributed by atoms with Gasteiger partial charge in [-0.15, -0.1) is 0 Å². The number of ether oxygens (including phenoxy) is 3. The third-order valence-corrected chi connectivity index (χ3v) is 13.1. The first-order valence-corrected chi connectivity index (χ1v) is 29.8. The number of unbranched alkanes of at least 4 members (excludes halogenated alkanes) is 34. The Labute approximate surface area is 424 Å². The fourth-order valence-electron chi connectivity index (χ4n) is 8.66. The van der Waals surface area contributed by atoms with Crippen molar-refractivity contribution in [1.29, 1.82) is 0 Å². The highest BCUT2D eigenvalue weighted by atomic mass is 16.6. The van der Waals surface area contributed by atoms with Crippen molar-refractivity contribution in [2.24, 2.45) is 0 Å². The molecule has 396 valence electrons. The predicted octanol–water partition coefficient (Wildman–Crippen LogP) is 20.5. The molecule has 0 rings (SSSR count). The molecule has 1 unspecified atom stereocenters. The van der Waals surface area contributed by atoms with Crippen LogP contribution in [0.3, 0.4) is 0 Å². The molecule has 68 heavy (non-hydrogen) atoms. The van der Waals surface area contributed by atoms with Crippen LogP contribution in [0, 0.1) is 0 Å². The highest BCUT2D eigenvalue weighted by Crippen LogP contribution is 2.17. The SMILES string of the molecule is CC/C=C\C/C=C\C/C=C\C/C=C\C/C=C\CCCCCCOCC(COC(=O)CCCCCCCCCCCCCCCCCCC)OC(=O)CCCCCCCCCCCCCCCCC. The highest BCUT2D eigenvalue weighted by Gasteiger charge is 2.17. The normalized spacial score (nSPS) is 12.6. The van der Waals surface area contributed by atoms with Gasteiger partial charge in [-0.2, -0.15) is 0 Å². The minimum atomic E-state index is -0.548. The Morgan fingerprint density at radius 3 is 1.06 bits per heavy atom. The standard InChI is InChI=1S/C63H114O5/c1-4-7-10-13-16-19-22-25-28-30-31-32-34-37-40-43-46-49-52-55-58-66-59-61(68-63(65)57-54-51-48-45-42-39-35-27-24-21-18-15-12-9-6-3)60-67-62(64)56-53-50-47-44-41-38-36-33-29-26-23-20-17-14-11-8-5-2/h7,10,16,19,25,28,31-32,37,40,61H,4-6,8-9,11-15,17-18,20-24,26-27,29-30,33-36,38-39,41-60H2,1-3H3/b10-7-,19-16-,28-25-,32-31-,40-37-. The highest BCUT2D eigenvalue weighted by molar-refractivity contribution is 5.70. The first-order valence-electron chi connectivity index (χ1n) is 29.8. The number of hydrogen-bond donors (Lipinski definition) is 0. The molecule has 5 nitrogen and oxygen atoms in total. The van der Waals surface area contributed by atoms with Crippen molar-refractivity contribution < 1.29 is 23.8 Å². The topological polar surface area (TPSA) is 61.8 Å². The Morgan fingerprint density at radius 2 is 0.662 bits per heavy atom. The molecule has 0 aromatic carbocycles. The van der Waals surface area contributed by atoms with E-state index in [0.29, 0.717) is 19.4 Å². The van der Waals surface area contributed by atoms with Crippen molar-refractivity contribution in [2.45, 2.75) is 309 Å². The third-order valence-electron chi connectivity index (χ3n) is 13.1. The lowest BCUT2D eigenvalue weighted by atomic mass is 10.0. The van der Waals surface area contributed by atoms with Crippen LogP contribution in [0.4, 0.5) is 0 Å². The molecule has 0 aliphatic rings.